The number of amides is 1. The molecule has 7 heteroatoms. The molecule has 1 heterocycles. The molecule has 132 valence electrons. The summed E-state index contributed by atoms with van der Waals surface area (Å²) in [6.45, 7) is 4.63. The van der Waals surface area contributed by atoms with Crippen molar-refractivity contribution in [1.29, 1.82) is 0 Å². The van der Waals surface area contributed by atoms with Crippen LogP contribution in [0, 0.1) is 0 Å². The van der Waals surface area contributed by atoms with Crippen molar-refractivity contribution in [2.45, 2.75) is 26.9 Å². The number of carbonyl (C=O) groups is 3. The molecule has 0 saturated carbocycles. The summed E-state index contributed by atoms with van der Waals surface area (Å²) in [4.78, 5) is 35.6. The Morgan fingerprint density at radius 2 is 1.88 bits per heavy atom. The first kappa shape index (κ1) is 18.7. The number of benzene rings is 1. The van der Waals surface area contributed by atoms with Crippen molar-refractivity contribution in [2.24, 2.45) is 0 Å². The lowest BCUT2D eigenvalue weighted by atomic mass is 10.0. The van der Waals surface area contributed by atoms with Gasteiger partial charge in [-0.3, -0.25) is 9.59 Å². The summed E-state index contributed by atoms with van der Waals surface area (Å²) in [5.74, 6) is -1.58. The highest BCUT2D eigenvalue weighted by Gasteiger charge is 2.24. The summed E-state index contributed by atoms with van der Waals surface area (Å²) >= 11 is 1.22. The van der Waals surface area contributed by atoms with E-state index in [1.807, 2.05) is 30.3 Å². The van der Waals surface area contributed by atoms with E-state index in [2.05, 4.69) is 5.32 Å². The van der Waals surface area contributed by atoms with E-state index in [4.69, 9.17) is 9.47 Å². The zero-order valence-corrected chi connectivity index (χ0v) is 15.0. The number of ether oxygens (including phenoxy) is 2. The first-order valence-electron chi connectivity index (χ1n) is 7.76. The van der Waals surface area contributed by atoms with Crippen molar-refractivity contribution in [3.05, 3.63) is 41.3 Å². The Morgan fingerprint density at radius 3 is 2.48 bits per heavy atom. The highest BCUT2D eigenvalue weighted by Crippen LogP contribution is 2.36. The van der Waals surface area contributed by atoms with Gasteiger partial charge >= 0.3 is 11.9 Å². The molecule has 2 rings (SSSR count). The third-order valence-electron chi connectivity index (χ3n) is 3.30. The van der Waals surface area contributed by atoms with Crippen LogP contribution in [-0.2, 0) is 19.1 Å². The van der Waals surface area contributed by atoms with Crippen LogP contribution in [-0.4, -0.2) is 30.6 Å². The minimum absolute atomic E-state index is 0.222. The Kier molecular flexibility index (Phi) is 6.30. The normalized spacial score (nSPS) is 11.5. The molecule has 1 atom stereocenters. The predicted octanol–water partition coefficient (Wildman–Crippen LogP) is 3.48. The monoisotopic (exact) mass is 361 g/mol. The second-order valence-corrected chi connectivity index (χ2v) is 6.06. The third kappa shape index (κ3) is 4.67. The molecule has 1 aromatic carbocycles. The van der Waals surface area contributed by atoms with Crippen LogP contribution in [0.25, 0.3) is 11.1 Å². The molecule has 0 fully saturated rings. The molecular formula is C18H19NO5S. The molecule has 0 spiro atoms. The third-order valence-corrected chi connectivity index (χ3v) is 4.20. The molecule has 1 unspecified atom stereocenters. The molecule has 0 aliphatic heterocycles. The number of nitrogens with one attached hydrogen (secondary N) is 1. The van der Waals surface area contributed by atoms with E-state index in [-0.39, 0.29) is 6.61 Å². The Morgan fingerprint density at radius 1 is 1.20 bits per heavy atom. The first-order chi connectivity index (χ1) is 11.9. The summed E-state index contributed by atoms with van der Waals surface area (Å²) in [5, 5.41) is 4.79. The zero-order chi connectivity index (χ0) is 18.4. The van der Waals surface area contributed by atoms with Crippen molar-refractivity contribution in [3.63, 3.8) is 0 Å². The fraction of sp³-hybridized carbons (Fsp3) is 0.278. The summed E-state index contributed by atoms with van der Waals surface area (Å²) in [6.07, 6.45) is -0.963. The van der Waals surface area contributed by atoms with Gasteiger partial charge in [0.1, 0.15) is 10.6 Å². The van der Waals surface area contributed by atoms with Crippen LogP contribution < -0.4 is 5.32 Å². The molecule has 1 amide bonds. The summed E-state index contributed by atoms with van der Waals surface area (Å²) < 4.78 is 9.99. The lowest BCUT2D eigenvalue weighted by Crippen LogP contribution is -2.29. The van der Waals surface area contributed by atoms with Gasteiger partial charge in [-0.1, -0.05) is 30.3 Å². The molecule has 0 radical (unpaired) electrons. The van der Waals surface area contributed by atoms with E-state index in [9.17, 15) is 14.4 Å². The number of carbonyl (C=O) groups excluding carboxylic acids is 3. The van der Waals surface area contributed by atoms with Crippen LogP contribution in [0.5, 0.6) is 0 Å². The molecule has 6 nitrogen and oxygen atoms in total. The van der Waals surface area contributed by atoms with Gasteiger partial charge in [-0.2, -0.15) is 0 Å². The van der Waals surface area contributed by atoms with Gasteiger partial charge in [0.2, 0.25) is 0 Å². The van der Waals surface area contributed by atoms with Crippen LogP contribution in [0.3, 0.4) is 0 Å². The van der Waals surface area contributed by atoms with Crippen LogP contribution >= 0.6 is 11.3 Å². The van der Waals surface area contributed by atoms with Crippen molar-refractivity contribution < 1.29 is 23.9 Å². The molecule has 0 bridgehead atoms. The average molecular weight is 361 g/mol. The molecule has 2 aromatic rings. The van der Waals surface area contributed by atoms with Gasteiger partial charge in [0, 0.05) is 17.9 Å². The Bertz CT molecular complexity index is 769. The van der Waals surface area contributed by atoms with Crippen molar-refractivity contribution >= 4 is 34.2 Å². The molecule has 0 aliphatic rings. The second-order valence-electron chi connectivity index (χ2n) is 5.18. The zero-order valence-electron chi connectivity index (χ0n) is 14.2. The first-order valence-corrected chi connectivity index (χ1v) is 8.64. The SMILES string of the molecule is CCOC(=O)c1c(-c2ccccc2)csc1NC(=O)C(C)OC(C)=O. The van der Waals surface area contributed by atoms with Crippen molar-refractivity contribution in [3.8, 4) is 11.1 Å². The standard InChI is InChI=1S/C18H19NO5S/c1-4-23-18(22)15-14(13-8-6-5-7-9-13)10-25-17(15)19-16(21)11(2)24-12(3)20/h5-11H,4H2,1-3H3,(H,19,21). The van der Waals surface area contributed by atoms with Gasteiger partial charge in [-0.05, 0) is 19.4 Å². The average Bonchev–Trinajstić information content (AvgIpc) is 2.99. The minimum Gasteiger partial charge on any atom is -0.462 e. The quantitative estimate of drug-likeness (QED) is 0.797. The molecule has 0 saturated heterocycles. The van der Waals surface area contributed by atoms with Crippen LogP contribution in [0.15, 0.2) is 35.7 Å². The van der Waals surface area contributed by atoms with Crippen LogP contribution in [0.2, 0.25) is 0 Å². The number of thiophene rings is 1. The molecule has 1 aromatic heterocycles. The van der Waals surface area contributed by atoms with Gasteiger partial charge < -0.3 is 14.8 Å². The summed E-state index contributed by atoms with van der Waals surface area (Å²) in [5.41, 5.74) is 1.82. The lowest BCUT2D eigenvalue weighted by Gasteiger charge is -2.13. The number of hydrogen-bond acceptors (Lipinski definition) is 6. The Hall–Kier alpha value is -2.67. The van der Waals surface area contributed by atoms with E-state index >= 15 is 0 Å². The maximum atomic E-state index is 12.4. The smallest absolute Gasteiger partial charge is 0.341 e. The molecule has 0 aliphatic carbocycles. The molecular weight excluding hydrogens is 342 g/mol. The number of anilines is 1. The maximum absolute atomic E-state index is 12.4. The van der Waals surface area contributed by atoms with Gasteiger partial charge in [0.15, 0.2) is 6.10 Å². The Balaban J connectivity index is 2.35. The molecule has 1 N–H and O–H groups in total. The number of hydrogen-bond donors (Lipinski definition) is 1. The van der Waals surface area contributed by atoms with E-state index in [0.29, 0.717) is 16.1 Å². The van der Waals surface area contributed by atoms with Crippen LogP contribution in [0.4, 0.5) is 5.00 Å². The van der Waals surface area contributed by atoms with E-state index in [0.717, 1.165) is 5.56 Å². The van der Waals surface area contributed by atoms with Gasteiger partial charge in [0.25, 0.3) is 5.91 Å². The van der Waals surface area contributed by atoms with Gasteiger partial charge in [-0.15, -0.1) is 11.3 Å². The van der Waals surface area contributed by atoms with Crippen molar-refractivity contribution in [1.82, 2.24) is 0 Å². The predicted molar refractivity (Wildman–Crippen MR) is 95.6 cm³/mol. The summed E-state index contributed by atoms with van der Waals surface area (Å²) in [6, 6.07) is 9.35. The topological polar surface area (TPSA) is 81.7 Å². The molecule has 25 heavy (non-hydrogen) atoms. The Labute approximate surface area is 149 Å². The number of rotatable bonds is 6. The second kappa shape index (κ2) is 8.43. The highest BCUT2D eigenvalue weighted by molar-refractivity contribution is 7.15. The fourth-order valence-electron chi connectivity index (χ4n) is 2.20. The summed E-state index contributed by atoms with van der Waals surface area (Å²) in [7, 11) is 0. The van der Waals surface area contributed by atoms with Crippen molar-refractivity contribution in [2.75, 3.05) is 11.9 Å². The van der Waals surface area contributed by atoms with E-state index < -0.39 is 23.9 Å². The van der Waals surface area contributed by atoms with Gasteiger partial charge in [-0.25, -0.2) is 4.79 Å². The lowest BCUT2D eigenvalue weighted by molar-refractivity contribution is -0.150. The van der Waals surface area contributed by atoms with Crippen LogP contribution in [0.1, 0.15) is 31.1 Å². The minimum atomic E-state index is -0.963. The fourth-order valence-corrected chi connectivity index (χ4v) is 3.16. The van der Waals surface area contributed by atoms with E-state index in [1.54, 1.807) is 12.3 Å². The van der Waals surface area contributed by atoms with Gasteiger partial charge in [0.05, 0.1) is 6.61 Å². The largest absolute Gasteiger partial charge is 0.462 e. The number of esters is 2. The maximum Gasteiger partial charge on any atom is 0.341 e. The van der Waals surface area contributed by atoms with E-state index in [1.165, 1.54) is 25.2 Å². The highest BCUT2D eigenvalue weighted by atomic mass is 32.1.